The summed E-state index contributed by atoms with van der Waals surface area (Å²) in [6.45, 7) is 4.57. The Hall–Kier alpha value is -3.57. The zero-order valence-corrected chi connectivity index (χ0v) is 19.4. The van der Waals surface area contributed by atoms with Gasteiger partial charge < -0.3 is 10.4 Å². The molecule has 172 valence electrons. The molecule has 3 heterocycles. The average Bonchev–Trinajstić information content (AvgIpc) is 3.26. The molecule has 0 saturated carbocycles. The van der Waals surface area contributed by atoms with Crippen LogP contribution in [0.3, 0.4) is 0 Å². The number of nitrogens with zero attached hydrogens (tertiary/aromatic N) is 2. The number of ketones is 1. The third kappa shape index (κ3) is 4.70. The molecular formula is C29H29N3O2. The number of benzene rings is 2. The van der Waals surface area contributed by atoms with Gasteiger partial charge in [0.1, 0.15) is 5.75 Å². The first-order chi connectivity index (χ1) is 16.5. The summed E-state index contributed by atoms with van der Waals surface area (Å²) >= 11 is 0. The Morgan fingerprint density at radius 1 is 1.06 bits per heavy atom. The van der Waals surface area contributed by atoms with E-state index < -0.39 is 0 Å². The van der Waals surface area contributed by atoms with E-state index in [1.54, 1.807) is 12.1 Å². The van der Waals surface area contributed by atoms with Crippen LogP contribution in [0, 0.1) is 5.41 Å². The summed E-state index contributed by atoms with van der Waals surface area (Å²) in [4.78, 5) is 23.4. The van der Waals surface area contributed by atoms with Crippen molar-refractivity contribution in [2.75, 3.05) is 13.1 Å². The van der Waals surface area contributed by atoms with E-state index >= 15 is 0 Å². The SMILES string of the molecule is CC1(CC(=O)c2cc(-c3ccc(O)cc3)nc3c2C(/C=C/c2ccccc2)=NC3)CCNCC1. The number of phenols is 1. The highest BCUT2D eigenvalue weighted by atomic mass is 16.3. The predicted molar refractivity (Wildman–Crippen MR) is 136 cm³/mol. The minimum atomic E-state index is -0.00697. The molecule has 34 heavy (non-hydrogen) atoms. The largest absolute Gasteiger partial charge is 0.508 e. The van der Waals surface area contributed by atoms with Gasteiger partial charge in [0, 0.05) is 23.1 Å². The summed E-state index contributed by atoms with van der Waals surface area (Å²) in [7, 11) is 0. The van der Waals surface area contributed by atoms with Gasteiger partial charge in [0.2, 0.25) is 0 Å². The number of carbonyl (C=O) groups excluding carboxylic acids is 1. The Bertz CT molecular complexity index is 1250. The molecule has 0 spiro atoms. The van der Waals surface area contributed by atoms with Crippen molar-refractivity contribution in [1.29, 1.82) is 0 Å². The van der Waals surface area contributed by atoms with Crippen molar-refractivity contribution in [3.8, 4) is 17.0 Å². The summed E-state index contributed by atoms with van der Waals surface area (Å²) in [5.74, 6) is 0.350. The zero-order valence-electron chi connectivity index (χ0n) is 19.4. The molecule has 2 aromatic carbocycles. The standard InChI is InChI=1S/C29H29N3O2/c1-29(13-15-30-16-14-29)18-27(34)23-17-25(21-8-10-22(33)11-9-21)32-26-19-31-24(28(23)26)12-7-20-5-3-2-4-6-20/h2-12,17,30,33H,13-16,18-19H2,1H3/b12-7+. The van der Waals surface area contributed by atoms with Crippen LogP contribution in [0.25, 0.3) is 17.3 Å². The fourth-order valence-electron chi connectivity index (χ4n) is 4.80. The Morgan fingerprint density at radius 3 is 2.53 bits per heavy atom. The summed E-state index contributed by atoms with van der Waals surface area (Å²) < 4.78 is 0. The molecule has 0 aliphatic carbocycles. The van der Waals surface area contributed by atoms with E-state index in [1.807, 2.05) is 60.7 Å². The van der Waals surface area contributed by atoms with Crippen molar-refractivity contribution in [2.45, 2.75) is 32.7 Å². The number of phenolic OH excluding ortho intramolecular Hbond substituents is 1. The van der Waals surface area contributed by atoms with Gasteiger partial charge in [-0.2, -0.15) is 0 Å². The van der Waals surface area contributed by atoms with Crippen LogP contribution in [-0.2, 0) is 6.54 Å². The van der Waals surface area contributed by atoms with Crippen molar-refractivity contribution < 1.29 is 9.90 Å². The molecule has 1 aromatic heterocycles. The molecule has 1 fully saturated rings. The summed E-state index contributed by atoms with van der Waals surface area (Å²) in [6, 6.07) is 19.0. The quantitative estimate of drug-likeness (QED) is 0.490. The first-order valence-electron chi connectivity index (χ1n) is 11.9. The van der Waals surface area contributed by atoms with Crippen LogP contribution in [0.1, 0.15) is 53.4 Å². The Balaban J connectivity index is 1.54. The molecule has 5 nitrogen and oxygen atoms in total. The lowest BCUT2D eigenvalue weighted by atomic mass is 9.75. The highest BCUT2D eigenvalue weighted by Crippen LogP contribution is 2.36. The van der Waals surface area contributed by atoms with Crippen LogP contribution < -0.4 is 5.32 Å². The van der Waals surface area contributed by atoms with Crippen LogP contribution in [-0.4, -0.2) is 34.7 Å². The molecule has 0 atom stereocenters. The van der Waals surface area contributed by atoms with Gasteiger partial charge in [0.15, 0.2) is 5.78 Å². The maximum absolute atomic E-state index is 13.8. The van der Waals surface area contributed by atoms with Gasteiger partial charge in [0.05, 0.1) is 23.6 Å². The number of hydrogen-bond acceptors (Lipinski definition) is 5. The number of fused-ring (bicyclic) bond motifs is 1. The predicted octanol–water partition coefficient (Wildman–Crippen LogP) is 5.43. The molecular weight excluding hydrogens is 422 g/mol. The van der Waals surface area contributed by atoms with Crippen molar-refractivity contribution in [1.82, 2.24) is 10.3 Å². The molecule has 5 rings (SSSR count). The number of piperidine rings is 1. The van der Waals surface area contributed by atoms with Crippen LogP contribution in [0.2, 0.25) is 0 Å². The second-order valence-corrected chi connectivity index (χ2v) is 9.53. The molecule has 3 aromatic rings. The van der Waals surface area contributed by atoms with Crippen LogP contribution >= 0.6 is 0 Å². The van der Waals surface area contributed by atoms with E-state index in [-0.39, 0.29) is 16.9 Å². The van der Waals surface area contributed by atoms with Gasteiger partial charge in [-0.25, -0.2) is 0 Å². The van der Waals surface area contributed by atoms with Gasteiger partial charge in [-0.1, -0.05) is 43.3 Å². The van der Waals surface area contributed by atoms with E-state index in [0.29, 0.717) is 18.5 Å². The minimum absolute atomic E-state index is 0.00697. The maximum atomic E-state index is 13.8. The summed E-state index contributed by atoms with van der Waals surface area (Å²) in [5.41, 5.74) is 5.88. The van der Waals surface area contributed by atoms with Gasteiger partial charge in [0.25, 0.3) is 0 Å². The van der Waals surface area contributed by atoms with Crippen LogP contribution in [0.4, 0.5) is 0 Å². The number of rotatable bonds is 6. The number of allylic oxidation sites excluding steroid dienone is 1. The smallest absolute Gasteiger partial charge is 0.164 e. The fourth-order valence-corrected chi connectivity index (χ4v) is 4.80. The number of pyridine rings is 1. The maximum Gasteiger partial charge on any atom is 0.164 e. The second kappa shape index (κ2) is 9.35. The van der Waals surface area contributed by atoms with Gasteiger partial charge in [-0.05, 0) is 73.3 Å². The highest BCUT2D eigenvalue weighted by molar-refractivity contribution is 6.19. The van der Waals surface area contributed by atoms with Gasteiger partial charge >= 0.3 is 0 Å². The lowest BCUT2D eigenvalue weighted by Crippen LogP contribution is -2.36. The lowest BCUT2D eigenvalue weighted by Gasteiger charge is -2.33. The summed E-state index contributed by atoms with van der Waals surface area (Å²) in [5, 5.41) is 13.1. The van der Waals surface area contributed by atoms with Gasteiger partial charge in [-0.3, -0.25) is 14.8 Å². The second-order valence-electron chi connectivity index (χ2n) is 9.53. The van der Waals surface area contributed by atoms with E-state index in [2.05, 4.69) is 12.2 Å². The highest BCUT2D eigenvalue weighted by Gasteiger charge is 2.32. The number of carbonyl (C=O) groups is 1. The molecule has 2 N–H and O–H groups in total. The number of hydrogen-bond donors (Lipinski definition) is 2. The molecule has 0 amide bonds. The van der Waals surface area contributed by atoms with Crippen molar-refractivity contribution in [2.24, 2.45) is 10.4 Å². The van der Waals surface area contributed by atoms with E-state index in [1.165, 1.54) is 0 Å². The number of nitrogens with one attached hydrogen (secondary N) is 1. The first-order valence-corrected chi connectivity index (χ1v) is 11.9. The third-order valence-electron chi connectivity index (χ3n) is 6.84. The number of aromatic hydroxyl groups is 1. The first kappa shape index (κ1) is 22.2. The topological polar surface area (TPSA) is 74.6 Å². The van der Waals surface area contributed by atoms with Crippen molar-refractivity contribution in [3.63, 3.8) is 0 Å². The molecule has 5 heteroatoms. The van der Waals surface area contributed by atoms with Crippen LogP contribution in [0.5, 0.6) is 5.75 Å². The minimum Gasteiger partial charge on any atom is -0.508 e. The Kier molecular flexibility index (Phi) is 6.12. The van der Waals surface area contributed by atoms with Crippen molar-refractivity contribution >= 4 is 17.6 Å². The third-order valence-corrected chi connectivity index (χ3v) is 6.84. The summed E-state index contributed by atoms with van der Waals surface area (Å²) in [6.07, 6.45) is 6.52. The van der Waals surface area contributed by atoms with Crippen molar-refractivity contribution in [3.05, 3.63) is 89.1 Å². The average molecular weight is 452 g/mol. The molecule has 1 saturated heterocycles. The molecule has 0 unspecified atom stereocenters. The Morgan fingerprint density at radius 2 is 1.79 bits per heavy atom. The zero-order chi connectivity index (χ0) is 23.5. The number of aromatic nitrogens is 1. The fraction of sp³-hybridized carbons (Fsp3) is 0.276. The normalized spacial score (nSPS) is 16.9. The lowest BCUT2D eigenvalue weighted by molar-refractivity contribution is 0.0891. The molecule has 0 radical (unpaired) electrons. The van der Waals surface area contributed by atoms with Gasteiger partial charge in [-0.15, -0.1) is 0 Å². The molecule has 2 aliphatic heterocycles. The monoisotopic (exact) mass is 451 g/mol. The number of aliphatic imine (C=N–C) groups is 1. The Labute approximate surface area is 200 Å². The van der Waals surface area contributed by atoms with E-state index in [0.717, 1.165) is 59.7 Å². The number of Topliss-reactive ketones (excluding diaryl/α,β-unsaturated/α-hetero) is 1. The molecule has 0 bridgehead atoms. The molecule has 2 aliphatic rings. The van der Waals surface area contributed by atoms with Crippen LogP contribution in [0.15, 0.2) is 71.7 Å². The van der Waals surface area contributed by atoms with E-state index in [4.69, 9.17) is 9.98 Å². The van der Waals surface area contributed by atoms with E-state index in [9.17, 15) is 9.90 Å².